The lowest BCUT2D eigenvalue weighted by Gasteiger charge is -2.18. The van der Waals surface area contributed by atoms with Crippen molar-refractivity contribution in [2.45, 2.75) is 25.9 Å². The number of ether oxygens (including phenoxy) is 2. The summed E-state index contributed by atoms with van der Waals surface area (Å²) in [5.41, 5.74) is 0. The second-order valence-electron chi connectivity index (χ2n) is 5.76. The van der Waals surface area contributed by atoms with Crippen LogP contribution in [0.2, 0.25) is 0 Å². The highest BCUT2D eigenvalue weighted by atomic mass is 127. The second-order valence-corrected chi connectivity index (χ2v) is 5.76. The average molecular weight is 451 g/mol. The molecule has 1 saturated carbocycles. The molecular formula is C17H27FIN3O2. The van der Waals surface area contributed by atoms with Crippen LogP contribution < -0.4 is 15.4 Å². The lowest BCUT2D eigenvalue weighted by molar-refractivity contribution is 0.129. The number of halogens is 2. The van der Waals surface area contributed by atoms with E-state index >= 15 is 0 Å². The predicted octanol–water partition coefficient (Wildman–Crippen LogP) is 2.80. The van der Waals surface area contributed by atoms with Crippen molar-refractivity contribution in [3.8, 4) is 5.75 Å². The average Bonchev–Trinajstić information content (AvgIpc) is 3.36. The summed E-state index contributed by atoms with van der Waals surface area (Å²) in [6, 6.07) is 6.40. The van der Waals surface area contributed by atoms with Crippen molar-refractivity contribution in [1.29, 1.82) is 0 Å². The number of rotatable bonds is 9. The second kappa shape index (κ2) is 11.5. The number of nitrogens with zero attached hydrogens (tertiary/aromatic N) is 1. The number of para-hydroxylation sites is 1. The standard InChI is InChI=1S/C17H26FN3O2.HI/c1-13(23-16-6-4-3-5-15(16)18)11-21-17(19-2)20-9-10-22-12-14-7-8-14;/h3-6,13-14H,7-12H2,1-2H3,(H2,19,20,21);1H. The van der Waals surface area contributed by atoms with Crippen LogP contribution in [-0.2, 0) is 4.74 Å². The van der Waals surface area contributed by atoms with E-state index in [0.29, 0.717) is 25.7 Å². The number of benzene rings is 1. The maximum atomic E-state index is 13.5. The first-order valence-corrected chi connectivity index (χ1v) is 8.12. The fourth-order valence-corrected chi connectivity index (χ4v) is 2.04. The van der Waals surface area contributed by atoms with Gasteiger partial charge in [0.15, 0.2) is 17.5 Å². The number of guanidine groups is 1. The molecule has 1 aliphatic rings. The van der Waals surface area contributed by atoms with E-state index in [2.05, 4.69) is 15.6 Å². The first-order valence-electron chi connectivity index (χ1n) is 8.12. The summed E-state index contributed by atoms with van der Waals surface area (Å²) in [4.78, 5) is 4.14. The largest absolute Gasteiger partial charge is 0.486 e. The summed E-state index contributed by atoms with van der Waals surface area (Å²) in [7, 11) is 1.71. The zero-order valence-corrected chi connectivity index (χ0v) is 16.6. The molecule has 7 heteroatoms. The van der Waals surface area contributed by atoms with Gasteiger partial charge in [0.25, 0.3) is 0 Å². The van der Waals surface area contributed by atoms with Crippen molar-refractivity contribution < 1.29 is 13.9 Å². The molecule has 1 atom stereocenters. The number of aliphatic imine (C=N–C) groups is 1. The molecule has 24 heavy (non-hydrogen) atoms. The predicted molar refractivity (Wildman–Crippen MR) is 105 cm³/mol. The molecule has 0 bridgehead atoms. The highest BCUT2D eigenvalue weighted by Gasteiger charge is 2.20. The number of hydrogen-bond acceptors (Lipinski definition) is 3. The molecule has 5 nitrogen and oxygen atoms in total. The summed E-state index contributed by atoms with van der Waals surface area (Å²) < 4.78 is 24.6. The van der Waals surface area contributed by atoms with Gasteiger partial charge in [-0.1, -0.05) is 12.1 Å². The van der Waals surface area contributed by atoms with E-state index in [0.717, 1.165) is 12.5 Å². The maximum Gasteiger partial charge on any atom is 0.191 e. The van der Waals surface area contributed by atoms with E-state index in [1.807, 2.05) is 6.92 Å². The first kappa shape index (κ1) is 21.0. The zero-order valence-electron chi connectivity index (χ0n) is 14.3. The topological polar surface area (TPSA) is 54.9 Å². The van der Waals surface area contributed by atoms with Crippen molar-refractivity contribution in [2.24, 2.45) is 10.9 Å². The van der Waals surface area contributed by atoms with Gasteiger partial charge in [-0.15, -0.1) is 24.0 Å². The van der Waals surface area contributed by atoms with E-state index in [1.165, 1.54) is 18.9 Å². The minimum Gasteiger partial charge on any atom is -0.486 e. The number of nitrogens with one attached hydrogen (secondary N) is 2. The molecule has 1 aliphatic carbocycles. The Hall–Kier alpha value is -1.09. The van der Waals surface area contributed by atoms with Gasteiger partial charge in [0.05, 0.1) is 13.2 Å². The molecule has 0 aromatic heterocycles. The van der Waals surface area contributed by atoms with Crippen molar-refractivity contribution in [1.82, 2.24) is 10.6 Å². The van der Waals surface area contributed by atoms with Crippen LogP contribution in [0, 0.1) is 11.7 Å². The fraction of sp³-hybridized carbons (Fsp3) is 0.588. The Morgan fingerprint density at radius 1 is 1.33 bits per heavy atom. The fourth-order valence-electron chi connectivity index (χ4n) is 2.04. The minimum atomic E-state index is -0.352. The quantitative estimate of drug-likeness (QED) is 0.263. The minimum absolute atomic E-state index is 0. The van der Waals surface area contributed by atoms with Gasteiger partial charge in [-0.05, 0) is 37.8 Å². The van der Waals surface area contributed by atoms with Crippen LogP contribution in [0.25, 0.3) is 0 Å². The van der Waals surface area contributed by atoms with Crippen LogP contribution in [0.1, 0.15) is 19.8 Å². The third kappa shape index (κ3) is 8.14. The maximum absolute atomic E-state index is 13.5. The highest BCUT2D eigenvalue weighted by molar-refractivity contribution is 14.0. The molecule has 0 amide bonds. The summed E-state index contributed by atoms with van der Waals surface area (Å²) in [5, 5.41) is 6.34. The van der Waals surface area contributed by atoms with Crippen LogP contribution in [0.15, 0.2) is 29.3 Å². The highest BCUT2D eigenvalue weighted by Crippen LogP contribution is 2.28. The van der Waals surface area contributed by atoms with Gasteiger partial charge in [0.1, 0.15) is 6.10 Å². The molecule has 1 aromatic rings. The lowest BCUT2D eigenvalue weighted by Crippen LogP contribution is -2.42. The van der Waals surface area contributed by atoms with Gasteiger partial charge >= 0.3 is 0 Å². The Bertz CT molecular complexity index is 512. The van der Waals surface area contributed by atoms with Gasteiger partial charge in [0.2, 0.25) is 0 Å². The molecule has 0 radical (unpaired) electrons. The van der Waals surface area contributed by atoms with E-state index in [9.17, 15) is 4.39 Å². The SMILES string of the molecule is CN=C(NCCOCC1CC1)NCC(C)Oc1ccccc1F.I. The zero-order chi connectivity index (χ0) is 16.5. The van der Waals surface area contributed by atoms with Gasteiger partial charge < -0.3 is 20.1 Å². The van der Waals surface area contributed by atoms with E-state index in [4.69, 9.17) is 9.47 Å². The van der Waals surface area contributed by atoms with Crippen LogP contribution >= 0.6 is 24.0 Å². The van der Waals surface area contributed by atoms with Crippen LogP contribution in [-0.4, -0.2) is 45.4 Å². The summed E-state index contributed by atoms with van der Waals surface area (Å²) in [6.45, 7) is 4.64. The molecule has 0 spiro atoms. The Morgan fingerprint density at radius 3 is 2.75 bits per heavy atom. The summed E-state index contributed by atoms with van der Waals surface area (Å²) in [5.74, 6) is 1.38. The molecule has 0 aliphatic heterocycles. The van der Waals surface area contributed by atoms with Crippen LogP contribution in [0.5, 0.6) is 5.75 Å². The normalized spacial score (nSPS) is 15.4. The monoisotopic (exact) mass is 451 g/mol. The van der Waals surface area contributed by atoms with Gasteiger partial charge in [-0.25, -0.2) is 4.39 Å². The molecule has 2 rings (SSSR count). The Labute approximate surface area is 160 Å². The Morgan fingerprint density at radius 2 is 2.08 bits per heavy atom. The molecule has 1 unspecified atom stereocenters. The van der Waals surface area contributed by atoms with E-state index in [1.54, 1.807) is 25.2 Å². The van der Waals surface area contributed by atoms with Gasteiger partial charge in [-0.2, -0.15) is 0 Å². The summed E-state index contributed by atoms with van der Waals surface area (Å²) >= 11 is 0. The van der Waals surface area contributed by atoms with E-state index in [-0.39, 0.29) is 41.6 Å². The molecule has 1 fully saturated rings. The Kier molecular flexibility index (Phi) is 10.0. The molecular weight excluding hydrogens is 424 g/mol. The molecule has 1 aromatic carbocycles. The molecule has 2 N–H and O–H groups in total. The molecule has 136 valence electrons. The third-order valence-corrected chi connectivity index (χ3v) is 3.53. The smallest absolute Gasteiger partial charge is 0.191 e. The molecule has 0 saturated heterocycles. The van der Waals surface area contributed by atoms with Crippen LogP contribution in [0.4, 0.5) is 4.39 Å². The van der Waals surface area contributed by atoms with Crippen molar-refractivity contribution >= 4 is 29.9 Å². The van der Waals surface area contributed by atoms with Crippen molar-refractivity contribution in [3.63, 3.8) is 0 Å². The first-order chi connectivity index (χ1) is 11.2. The van der Waals surface area contributed by atoms with Gasteiger partial charge in [-0.3, -0.25) is 4.99 Å². The van der Waals surface area contributed by atoms with Gasteiger partial charge in [0, 0.05) is 20.2 Å². The van der Waals surface area contributed by atoms with Crippen molar-refractivity contribution in [2.75, 3.05) is 33.4 Å². The third-order valence-electron chi connectivity index (χ3n) is 3.53. The van der Waals surface area contributed by atoms with Crippen molar-refractivity contribution in [3.05, 3.63) is 30.1 Å². The van der Waals surface area contributed by atoms with E-state index < -0.39 is 0 Å². The lowest BCUT2D eigenvalue weighted by atomic mass is 10.3. The number of hydrogen-bond donors (Lipinski definition) is 2. The summed E-state index contributed by atoms with van der Waals surface area (Å²) in [6.07, 6.45) is 2.42. The van der Waals surface area contributed by atoms with Crippen LogP contribution in [0.3, 0.4) is 0 Å². The molecule has 0 heterocycles. The Balaban J connectivity index is 0.00000288.